The Labute approximate surface area is 97.8 Å². The fourth-order valence-corrected chi connectivity index (χ4v) is 1.82. The van der Waals surface area contributed by atoms with Crippen LogP contribution in [0.15, 0.2) is 24.4 Å². The van der Waals surface area contributed by atoms with E-state index in [9.17, 15) is 0 Å². The predicted octanol–water partition coefficient (Wildman–Crippen LogP) is 2.27. The zero-order chi connectivity index (χ0) is 11.8. The van der Waals surface area contributed by atoms with Gasteiger partial charge in [-0.2, -0.15) is 5.10 Å². The maximum atomic E-state index is 5.18. The van der Waals surface area contributed by atoms with Gasteiger partial charge in [-0.15, -0.1) is 0 Å². The van der Waals surface area contributed by atoms with Crippen LogP contribution in [0.2, 0.25) is 0 Å². The van der Waals surface area contributed by atoms with E-state index in [1.165, 1.54) is 0 Å². The van der Waals surface area contributed by atoms with Crippen LogP contribution in [0, 0.1) is 6.92 Å². The molecular weight excluding hydrogens is 216 g/mol. The first-order chi connectivity index (χ1) is 8.28. The highest BCUT2D eigenvalue weighted by molar-refractivity contribution is 5.80. The molecule has 0 aliphatic carbocycles. The van der Waals surface area contributed by atoms with Gasteiger partial charge in [-0.1, -0.05) is 0 Å². The molecule has 0 aliphatic heterocycles. The molecule has 0 aliphatic rings. The van der Waals surface area contributed by atoms with E-state index in [0.29, 0.717) is 0 Å². The van der Waals surface area contributed by atoms with Crippen molar-refractivity contribution in [3.05, 3.63) is 30.0 Å². The van der Waals surface area contributed by atoms with E-state index in [-0.39, 0.29) is 0 Å². The van der Waals surface area contributed by atoms with Gasteiger partial charge in [0, 0.05) is 6.07 Å². The average molecular weight is 228 g/mol. The maximum absolute atomic E-state index is 5.18. The summed E-state index contributed by atoms with van der Waals surface area (Å²) in [5, 5.41) is 6.93. The predicted molar refractivity (Wildman–Crippen MR) is 65.0 cm³/mol. The molecule has 0 unspecified atom stereocenters. The van der Waals surface area contributed by atoms with Crippen LogP contribution in [0.25, 0.3) is 22.6 Å². The lowest BCUT2D eigenvalue weighted by molar-refractivity contribution is 0.415. The molecule has 0 radical (unpaired) electrons. The van der Waals surface area contributed by atoms with Gasteiger partial charge in [-0.25, -0.2) is 4.98 Å². The number of H-pyrrole nitrogens is 2. The molecule has 0 amide bonds. The normalized spacial score (nSPS) is 10.9. The highest BCUT2D eigenvalue weighted by Gasteiger charge is 2.09. The van der Waals surface area contributed by atoms with Crippen molar-refractivity contribution >= 4 is 11.0 Å². The van der Waals surface area contributed by atoms with Crippen molar-refractivity contribution in [1.29, 1.82) is 0 Å². The standard InChI is InChI=1S/C12H12N4O/c1-7-6-13-16-11(7)12-14-9-4-3-8(17-2)5-10(9)15-12/h3-6H,1-2H3,(H,13,16)(H,14,15). The SMILES string of the molecule is COc1ccc2nc(-c3[nH]ncc3C)[nH]c2c1. The van der Waals surface area contributed by atoms with Gasteiger partial charge in [-0.3, -0.25) is 5.10 Å². The third-order valence-corrected chi connectivity index (χ3v) is 2.75. The summed E-state index contributed by atoms with van der Waals surface area (Å²) in [4.78, 5) is 7.76. The number of benzene rings is 1. The van der Waals surface area contributed by atoms with Crippen LogP contribution in [0.5, 0.6) is 5.75 Å². The molecule has 5 heteroatoms. The van der Waals surface area contributed by atoms with Crippen molar-refractivity contribution in [1.82, 2.24) is 20.2 Å². The van der Waals surface area contributed by atoms with E-state index in [4.69, 9.17) is 4.74 Å². The van der Waals surface area contributed by atoms with E-state index in [2.05, 4.69) is 20.2 Å². The minimum Gasteiger partial charge on any atom is -0.497 e. The summed E-state index contributed by atoms with van der Waals surface area (Å²) in [5.41, 5.74) is 3.85. The molecule has 1 aromatic carbocycles. The molecule has 2 N–H and O–H groups in total. The molecule has 3 aromatic rings. The quantitative estimate of drug-likeness (QED) is 0.707. The van der Waals surface area contributed by atoms with Gasteiger partial charge in [0.2, 0.25) is 0 Å². The summed E-state index contributed by atoms with van der Waals surface area (Å²) in [6, 6.07) is 5.75. The van der Waals surface area contributed by atoms with Crippen molar-refractivity contribution in [3.63, 3.8) is 0 Å². The van der Waals surface area contributed by atoms with Crippen molar-refractivity contribution in [3.8, 4) is 17.3 Å². The van der Waals surface area contributed by atoms with Gasteiger partial charge in [0.05, 0.1) is 24.3 Å². The van der Waals surface area contributed by atoms with Gasteiger partial charge < -0.3 is 9.72 Å². The lowest BCUT2D eigenvalue weighted by atomic mass is 10.3. The fraction of sp³-hybridized carbons (Fsp3) is 0.167. The molecule has 5 nitrogen and oxygen atoms in total. The molecule has 17 heavy (non-hydrogen) atoms. The Bertz CT molecular complexity index is 668. The monoisotopic (exact) mass is 228 g/mol. The van der Waals surface area contributed by atoms with Gasteiger partial charge >= 0.3 is 0 Å². The molecule has 0 bridgehead atoms. The van der Waals surface area contributed by atoms with Gasteiger partial charge in [0.1, 0.15) is 11.4 Å². The number of aryl methyl sites for hydroxylation is 1. The second-order valence-electron chi connectivity index (χ2n) is 3.90. The van der Waals surface area contributed by atoms with Crippen LogP contribution in [-0.2, 0) is 0 Å². The number of nitrogens with zero attached hydrogens (tertiary/aromatic N) is 2. The number of nitrogens with one attached hydrogen (secondary N) is 2. The number of rotatable bonds is 2. The van der Waals surface area contributed by atoms with Gasteiger partial charge in [-0.05, 0) is 24.6 Å². The summed E-state index contributed by atoms with van der Waals surface area (Å²) < 4.78 is 5.18. The number of aromatic nitrogens is 4. The molecular formula is C12H12N4O. The molecule has 0 saturated heterocycles. The van der Waals surface area contributed by atoms with Crippen LogP contribution >= 0.6 is 0 Å². The Balaban J connectivity index is 2.17. The van der Waals surface area contributed by atoms with Crippen LogP contribution < -0.4 is 4.74 Å². The number of ether oxygens (including phenoxy) is 1. The first-order valence-electron chi connectivity index (χ1n) is 5.32. The summed E-state index contributed by atoms with van der Waals surface area (Å²) in [5.74, 6) is 1.61. The second-order valence-corrected chi connectivity index (χ2v) is 3.90. The van der Waals surface area contributed by atoms with Crippen LogP contribution in [0.4, 0.5) is 0 Å². The Morgan fingerprint density at radius 1 is 1.29 bits per heavy atom. The van der Waals surface area contributed by atoms with Crippen molar-refractivity contribution in [2.45, 2.75) is 6.92 Å². The molecule has 0 saturated carbocycles. The molecule has 0 atom stereocenters. The third-order valence-electron chi connectivity index (χ3n) is 2.75. The number of methoxy groups -OCH3 is 1. The number of fused-ring (bicyclic) bond motifs is 1. The minimum absolute atomic E-state index is 0.795. The van der Waals surface area contributed by atoms with Crippen LogP contribution in [0.3, 0.4) is 0 Å². The summed E-state index contributed by atoms with van der Waals surface area (Å²) >= 11 is 0. The fourth-order valence-electron chi connectivity index (χ4n) is 1.82. The van der Waals surface area contributed by atoms with Crippen molar-refractivity contribution in [2.75, 3.05) is 7.11 Å². The van der Waals surface area contributed by atoms with E-state index in [1.54, 1.807) is 13.3 Å². The maximum Gasteiger partial charge on any atom is 0.156 e. The number of hydrogen-bond acceptors (Lipinski definition) is 3. The number of aromatic amines is 2. The second kappa shape index (κ2) is 3.62. The largest absolute Gasteiger partial charge is 0.497 e. The Kier molecular flexibility index (Phi) is 2.11. The minimum atomic E-state index is 0.795. The summed E-state index contributed by atoms with van der Waals surface area (Å²) in [6.07, 6.45) is 1.78. The zero-order valence-electron chi connectivity index (χ0n) is 9.61. The molecule has 2 aromatic heterocycles. The highest BCUT2D eigenvalue weighted by atomic mass is 16.5. The van der Waals surface area contributed by atoms with E-state index in [1.807, 2.05) is 25.1 Å². The summed E-state index contributed by atoms with van der Waals surface area (Å²) in [7, 11) is 1.65. The molecule has 3 rings (SSSR count). The van der Waals surface area contributed by atoms with Crippen LogP contribution in [-0.4, -0.2) is 27.3 Å². The smallest absolute Gasteiger partial charge is 0.156 e. The van der Waals surface area contributed by atoms with Crippen molar-refractivity contribution < 1.29 is 4.74 Å². The highest BCUT2D eigenvalue weighted by Crippen LogP contribution is 2.23. The van der Waals surface area contributed by atoms with Gasteiger partial charge in [0.25, 0.3) is 0 Å². The lowest BCUT2D eigenvalue weighted by Gasteiger charge is -1.96. The molecule has 2 heterocycles. The lowest BCUT2D eigenvalue weighted by Crippen LogP contribution is -1.82. The first-order valence-corrected chi connectivity index (χ1v) is 5.32. The Morgan fingerprint density at radius 3 is 2.88 bits per heavy atom. The Morgan fingerprint density at radius 2 is 2.18 bits per heavy atom. The van der Waals surface area contributed by atoms with E-state index in [0.717, 1.165) is 33.9 Å². The topological polar surface area (TPSA) is 66.6 Å². The summed E-state index contributed by atoms with van der Waals surface area (Å²) in [6.45, 7) is 1.99. The molecule has 0 spiro atoms. The number of imidazole rings is 1. The van der Waals surface area contributed by atoms with Gasteiger partial charge in [0.15, 0.2) is 5.82 Å². The number of hydrogen-bond donors (Lipinski definition) is 2. The zero-order valence-corrected chi connectivity index (χ0v) is 9.61. The van der Waals surface area contributed by atoms with E-state index >= 15 is 0 Å². The van der Waals surface area contributed by atoms with E-state index < -0.39 is 0 Å². The average Bonchev–Trinajstić information content (AvgIpc) is 2.93. The molecule has 86 valence electrons. The third kappa shape index (κ3) is 1.56. The molecule has 0 fully saturated rings. The van der Waals surface area contributed by atoms with Crippen molar-refractivity contribution in [2.24, 2.45) is 0 Å². The van der Waals surface area contributed by atoms with Crippen LogP contribution in [0.1, 0.15) is 5.56 Å². The Hall–Kier alpha value is -2.30. The first kappa shape index (κ1) is 9.89.